The Kier molecular flexibility index (Phi) is 39.9. The number of benzene rings is 1. The van der Waals surface area contributed by atoms with Crippen molar-refractivity contribution in [3.05, 3.63) is 29.8 Å². The highest BCUT2D eigenvalue weighted by molar-refractivity contribution is 5.97. The van der Waals surface area contributed by atoms with Gasteiger partial charge in [-0.3, -0.25) is 47.9 Å². The number of nitrogens with two attached hydrogens (primary N) is 2. The van der Waals surface area contributed by atoms with Gasteiger partial charge in [0.1, 0.15) is 84.9 Å². The first kappa shape index (κ1) is 86.4. The number of carbonyl (C=O) groups is 10. The fourth-order valence-corrected chi connectivity index (χ4v) is 10.8. The van der Waals surface area contributed by atoms with E-state index < -0.39 is 221 Å². The van der Waals surface area contributed by atoms with Gasteiger partial charge in [-0.2, -0.15) is 0 Å². The number of amides is 10. The maximum absolute atomic E-state index is 13.9. The summed E-state index contributed by atoms with van der Waals surface area (Å²) in [5, 5.41) is 125. The molecule has 3 saturated heterocycles. The van der Waals surface area contributed by atoms with Gasteiger partial charge in [-0.05, 0) is 62.6 Å². The summed E-state index contributed by atoms with van der Waals surface area (Å²) in [6.45, 7) is -0.282. The second-order valence-electron chi connectivity index (χ2n) is 24.8. The number of hydrogen-bond acceptors (Lipinski definition) is 28. The van der Waals surface area contributed by atoms with Crippen molar-refractivity contribution in [2.24, 2.45) is 11.5 Å². The molecule has 3 unspecified atom stereocenters. The second-order valence-corrected chi connectivity index (χ2v) is 24.8. The predicted molar refractivity (Wildman–Crippen MR) is 351 cm³/mol. The minimum atomic E-state index is -1.76. The number of aliphatic hydroxyl groups is 9. The smallest absolute Gasteiger partial charge is 0.243 e. The number of unbranched alkanes of at least 4 members (excludes halogenated alkanes) is 9. The molecule has 0 bridgehead atoms. The van der Waals surface area contributed by atoms with Crippen LogP contribution in [0.25, 0.3) is 0 Å². The molecule has 0 aliphatic carbocycles. The van der Waals surface area contributed by atoms with Gasteiger partial charge in [0.05, 0.1) is 64.4 Å². The molecule has 3 aliphatic rings. The fourth-order valence-electron chi connectivity index (χ4n) is 10.8. The number of nitrogens with one attached hydrogen (secondary N) is 10. The van der Waals surface area contributed by atoms with Crippen molar-refractivity contribution in [3.63, 3.8) is 0 Å². The molecule has 3 fully saturated rings. The van der Waals surface area contributed by atoms with Gasteiger partial charge in [-0.1, -0.05) is 50.7 Å². The van der Waals surface area contributed by atoms with Crippen LogP contribution in [-0.2, 0) is 82.8 Å². The van der Waals surface area contributed by atoms with E-state index >= 15 is 0 Å². The highest BCUT2D eigenvalue weighted by Crippen LogP contribution is 2.25. The van der Waals surface area contributed by atoms with Crippen LogP contribution in [0.3, 0.4) is 0 Å². The number of hydrogen-bond donors (Lipinski definition) is 22. The summed E-state index contributed by atoms with van der Waals surface area (Å²) >= 11 is 0. The Morgan fingerprint density at radius 1 is 0.446 bits per heavy atom. The number of aromatic hydroxyl groups is 1. The van der Waals surface area contributed by atoms with Gasteiger partial charge in [0.25, 0.3) is 0 Å². The van der Waals surface area contributed by atoms with Crippen LogP contribution in [0.1, 0.15) is 109 Å². The Morgan fingerprint density at radius 2 is 0.812 bits per heavy atom. The number of rotatable bonds is 46. The van der Waals surface area contributed by atoms with E-state index in [4.69, 9.17) is 39.9 Å². The van der Waals surface area contributed by atoms with E-state index in [1.54, 1.807) is 0 Å². The van der Waals surface area contributed by atoms with Crippen LogP contribution in [0.5, 0.6) is 5.75 Å². The molecule has 3 heterocycles. The molecule has 1 aromatic carbocycles. The normalized spacial score (nSPS) is 25.8. The Labute approximate surface area is 584 Å². The van der Waals surface area contributed by atoms with Crippen molar-refractivity contribution in [2.75, 3.05) is 78.9 Å². The standard InChI is InChI=1S/C63H106N12O26/c1-34(79)72-50-56(91)53(88)42(32-77)100-62(50)97-23-13-7-4-9-19-66-46(84)28-69-44(82)26-39(59(94)70-29-47(85)67-20-10-3-6-12-22-96-61-49(65)55(90)52(87)41(31-76)99-61)74-45(83)27-40(75-58(93)38(64)25-36-15-17-37(81)18-16-36)60(95)71-30-48(86)68-21-11-5-8-14-24-98-63-51(73-35(2)80)57(92)54(89)43(33-78)101-63/h15-18,38-43,49-57,61-63,76-78,81,87-92H,3-14,19-33,64-65H2,1-2H3,(H,66,84)(H,67,85)(H,68,86)(H,69,82)(H,70,94)(H,71,95)(H,72,79)(H,73,80)(H,74,83)(H,75,93)/t38?,39?,40?,41-,42-,43-,49-,50-,51-,52+,53+,54+,55-,56-,57-,61-,62-,63-/m1/s1. The first-order valence-corrected chi connectivity index (χ1v) is 34.0. The molecule has 574 valence electrons. The first-order valence-electron chi connectivity index (χ1n) is 34.0. The molecule has 24 N–H and O–H groups in total. The van der Waals surface area contributed by atoms with E-state index in [0.29, 0.717) is 82.6 Å². The van der Waals surface area contributed by atoms with E-state index in [1.807, 2.05) is 0 Å². The van der Waals surface area contributed by atoms with Crippen LogP contribution in [0.4, 0.5) is 0 Å². The van der Waals surface area contributed by atoms with Crippen LogP contribution in [0.2, 0.25) is 0 Å². The van der Waals surface area contributed by atoms with Crippen LogP contribution in [-0.4, -0.2) is 299 Å². The fraction of sp³-hybridized carbons (Fsp3) is 0.746. The number of aliphatic hydroxyl groups excluding tert-OH is 9. The highest BCUT2D eigenvalue weighted by Gasteiger charge is 2.47. The molecule has 0 aromatic heterocycles. The third-order valence-electron chi connectivity index (χ3n) is 16.5. The van der Waals surface area contributed by atoms with Gasteiger partial charge in [0.2, 0.25) is 59.1 Å². The molecule has 101 heavy (non-hydrogen) atoms. The van der Waals surface area contributed by atoms with Gasteiger partial charge in [0, 0.05) is 53.3 Å². The Hall–Kier alpha value is -6.96. The molecular formula is C63H106N12O26. The molecule has 18 atom stereocenters. The lowest BCUT2D eigenvalue weighted by Crippen LogP contribution is -2.64. The van der Waals surface area contributed by atoms with Crippen LogP contribution >= 0.6 is 0 Å². The molecule has 0 radical (unpaired) electrons. The van der Waals surface area contributed by atoms with Crippen molar-refractivity contribution >= 4 is 59.1 Å². The molecule has 3 aliphatic heterocycles. The first-order chi connectivity index (χ1) is 48.2. The monoisotopic (exact) mass is 1450 g/mol. The number of phenolic OH excluding ortho intramolecular Hbond substituents is 1. The van der Waals surface area contributed by atoms with Gasteiger partial charge < -0.3 is 144 Å². The minimum Gasteiger partial charge on any atom is -0.508 e. The quantitative estimate of drug-likeness (QED) is 0.0270. The van der Waals surface area contributed by atoms with E-state index in [-0.39, 0.29) is 51.6 Å². The minimum absolute atomic E-state index is 0.0580. The lowest BCUT2D eigenvalue weighted by molar-refractivity contribution is -0.270. The van der Waals surface area contributed by atoms with Crippen molar-refractivity contribution in [3.8, 4) is 5.75 Å². The zero-order chi connectivity index (χ0) is 74.6. The number of phenols is 1. The van der Waals surface area contributed by atoms with Crippen LogP contribution < -0.4 is 64.6 Å². The summed E-state index contributed by atoms with van der Waals surface area (Å²) in [5.41, 5.74) is 12.7. The van der Waals surface area contributed by atoms with Gasteiger partial charge in [0.15, 0.2) is 18.9 Å². The van der Waals surface area contributed by atoms with Gasteiger partial charge in [-0.15, -0.1) is 0 Å². The summed E-state index contributed by atoms with van der Waals surface area (Å²) in [6.07, 6.45) is -10.7. The SMILES string of the molecule is CC(=O)N[C@H]1[C@H](OCCCCCCNC(=O)CNC(=O)CC(NC(=O)CC(NC(=O)C(N)Cc2ccc(O)cc2)C(=O)NCC(=O)NCCCCCCO[C@@H]2O[C@H](CO)[C@H](O)[C@H](O)[C@H]2NC(C)=O)C(=O)NCC(=O)NCCCCCCO[C@@H]2O[C@H](CO)[C@H](O)[C@H](O)[C@H]2N)O[C@H](CO)[C@H](O)[C@@H]1O. The lowest BCUT2D eigenvalue weighted by Gasteiger charge is -2.42. The number of carbonyl (C=O) groups excluding carboxylic acids is 10. The second kappa shape index (κ2) is 46.6. The summed E-state index contributed by atoms with van der Waals surface area (Å²) in [7, 11) is 0. The van der Waals surface area contributed by atoms with E-state index in [1.165, 1.54) is 38.1 Å². The topological polar surface area (TPSA) is 601 Å². The van der Waals surface area contributed by atoms with E-state index in [2.05, 4.69) is 53.2 Å². The van der Waals surface area contributed by atoms with Crippen molar-refractivity contribution < 1.29 is 127 Å². The third kappa shape index (κ3) is 31.3. The maximum atomic E-state index is 13.9. The summed E-state index contributed by atoms with van der Waals surface area (Å²) in [4.78, 5) is 131. The molecule has 38 nitrogen and oxygen atoms in total. The summed E-state index contributed by atoms with van der Waals surface area (Å²) in [6, 6.07) is -2.37. The van der Waals surface area contributed by atoms with Gasteiger partial charge in [-0.25, -0.2) is 0 Å². The van der Waals surface area contributed by atoms with Crippen molar-refractivity contribution in [2.45, 2.75) is 220 Å². The molecule has 4 rings (SSSR count). The average Bonchev–Trinajstić information content (AvgIpc) is 0.825. The average molecular weight is 1450 g/mol. The van der Waals surface area contributed by atoms with Crippen LogP contribution in [0, 0.1) is 0 Å². The van der Waals surface area contributed by atoms with Gasteiger partial charge >= 0.3 is 0 Å². The molecule has 10 amide bonds. The molecule has 0 saturated carbocycles. The molecular weight excluding hydrogens is 1340 g/mol. The highest BCUT2D eigenvalue weighted by atomic mass is 16.7. The summed E-state index contributed by atoms with van der Waals surface area (Å²) < 4.78 is 33.7. The largest absolute Gasteiger partial charge is 0.508 e. The van der Waals surface area contributed by atoms with Crippen LogP contribution in [0.15, 0.2) is 24.3 Å². The number of ether oxygens (including phenoxy) is 6. The van der Waals surface area contributed by atoms with E-state index in [9.17, 15) is 99.0 Å². The lowest BCUT2D eigenvalue weighted by atomic mass is 9.97. The summed E-state index contributed by atoms with van der Waals surface area (Å²) in [5.74, 6) is -8.03. The zero-order valence-corrected chi connectivity index (χ0v) is 57.0. The Bertz CT molecular complexity index is 2730. The predicted octanol–water partition coefficient (Wildman–Crippen LogP) is -8.91. The molecule has 38 heteroatoms. The van der Waals surface area contributed by atoms with Crippen molar-refractivity contribution in [1.29, 1.82) is 0 Å². The van der Waals surface area contributed by atoms with Crippen molar-refractivity contribution in [1.82, 2.24) is 53.2 Å². The molecule has 0 spiro atoms. The van der Waals surface area contributed by atoms with E-state index in [0.717, 1.165) is 0 Å². The maximum Gasteiger partial charge on any atom is 0.243 e. The molecule has 1 aromatic rings. The zero-order valence-electron chi connectivity index (χ0n) is 57.0. The third-order valence-corrected chi connectivity index (χ3v) is 16.5. The Morgan fingerprint density at radius 3 is 1.23 bits per heavy atom. The Balaban J connectivity index is 1.32.